The average Bonchev–Trinajstić information content (AvgIpc) is 1.90. The molecule has 0 aliphatic rings. The molecule has 1 rings (SSSR count). The summed E-state index contributed by atoms with van der Waals surface area (Å²) in [5.41, 5.74) is 4.85. The van der Waals surface area contributed by atoms with Gasteiger partial charge >= 0.3 is 0 Å². The molecule has 9 heavy (non-hydrogen) atoms. The van der Waals surface area contributed by atoms with Crippen LogP contribution in [0.25, 0.3) is 0 Å². The molecule has 0 radical (unpaired) electrons. The summed E-state index contributed by atoms with van der Waals surface area (Å²) in [4.78, 5) is 14.4. The lowest BCUT2D eigenvalue weighted by molar-refractivity contribution is 0.265. The molecule has 5 heteroatoms. The third-order valence-electron chi connectivity index (χ3n) is 0.946. The molecule has 1 heterocycles. The Labute approximate surface area is 56.2 Å². The molecule has 1 aromatic heterocycles. The lowest BCUT2D eigenvalue weighted by Gasteiger charge is -1.87. The zero-order valence-corrected chi connectivity index (χ0v) is 6.90. The normalized spacial score (nSPS) is 8.89. The van der Waals surface area contributed by atoms with Crippen LogP contribution in [0.1, 0.15) is 0 Å². The van der Waals surface area contributed by atoms with Crippen LogP contribution in [0.5, 0.6) is 0 Å². The average molecular weight is 154 g/mol. The van der Waals surface area contributed by atoms with Gasteiger partial charge in [-0.3, -0.25) is 9.78 Å². The molecule has 0 aromatic carbocycles. The van der Waals surface area contributed by atoms with E-state index in [-0.39, 0.29) is 14.6 Å². The second-order valence-electron chi connectivity index (χ2n) is 1.61. The van der Waals surface area contributed by atoms with Crippen LogP contribution in [0.15, 0.2) is 16.9 Å². The monoisotopic (exact) mass is 154 g/mol. The van der Waals surface area contributed by atoms with Gasteiger partial charge in [-0.2, -0.15) is 0 Å². The number of carbonyl (C=O) groups excluding carboxylic acids is 1. The van der Waals surface area contributed by atoms with E-state index in [1.54, 1.807) is 5.81 Å². The first-order chi connectivity index (χ1) is 4.30. The molecular formula is C4H6N2OSi2. The van der Waals surface area contributed by atoms with Crippen molar-refractivity contribution in [1.82, 2.24) is 4.98 Å². The fourth-order valence-electron chi connectivity index (χ4n) is 0.509. The summed E-state index contributed by atoms with van der Waals surface area (Å²) in [6, 6.07) is 0. The summed E-state index contributed by atoms with van der Waals surface area (Å²) in [6.45, 7) is 0. The molecule has 0 aliphatic carbocycles. The van der Waals surface area contributed by atoms with Gasteiger partial charge < -0.3 is 5.73 Å². The van der Waals surface area contributed by atoms with Crippen molar-refractivity contribution >= 4 is 23.0 Å². The molecule has 0 bridgehead atoms. The standard InChI is InChI=1S/C4H6N2OSi2/c5-4(7)9-2-6-1-8-3-9/h1-3,8H,(H2,5,7). The van der Waals surface area contributed by atoms with Crippen LogP contribution in [-0.4, -0.2) is 28.0 Å². The van der Waals surface area contributed by atoms with E-state index in [1.807, 2.05) is 11.1 Å². The highest BCUT2D eigenvalue weighted by molar-refractivity contribution is 6.85. The highest BCUT2D eigenvalue weighted by Gasteiger charge is 1.96. The van der Waals surface area contributed by atoms with Gasteiger partial charge in [0.15, 0.2) is 8.40 Å². The second-order valence-corrected chi connectivity index (χ2v) is 5.28. The van der Waals surface area contributed by atoms with Crippen molar-refractivity contribution in [3.05, 3.63) is 16.9 Å². The predicted octanol–water partition coefficient (Wildman–Crippen LogP) is -0.896. The first-order valence-electron chi connectivity index (χ1n) is 2.50. The van der Waals surface area contributed by atoms with E-state index < -0.39 is 8.40 Å². The summed E-state index contributed by atoms with van der Waals surface area (Å²) >= 11 is 0. The quantitative estimate of drug-likeness (QED) is 0.533. The topological polar surface area (TPSA) is 56.0 Å². The van der Waals surface area contributed by atoms with Crippen LogP contribution in [0, 0.1) is 0 Å². The Hall–Kier alpha value is -0.686. The number of carbonyl (C=O) groups is 1. The predicted molar refractivity (Wildman–Crippen MR) is 37.9 cm³/mol. The lowest BCUT2D eigenvalue weighted by Crippen LogP contribution is -2.21. The number of aromatic nitrogens is 1. The molecule has 3 nitrogen and oxygen atoms in total. The molecule has 1 aromatic rings. The molecule has 0 saturated heterocycles. The minimum absolute atomic E-state index is 0.143. The Morgan fingerprint density at radius 3 is 2.89 bits per heavy atom. The molecule has 46 valence electrons. The Balaban J connectivity index is 2.98. The summed E-state index contributed by atoms with van der Waals surface area (Å²) in [7, 11) is -0.994. The van der Waals surface area contributed by atoms with Gasteiger partial charge in [-0.15, -0.1) is 0 Å². The molecular weight excluding hydrogens is 148 g/mol. The number of rotatable bonds is 1. The van der Waals surface area contributed by atoms with Gasteiger partial charge in [-0.1, -0.05) is 5.29 Å². The number of hydrogen-bond donors (Lipinski definition) is 1. The van der Waals surface area contributed by atoms with Crippen LogP contribution >= 0.6 is 0 Å². The van der Waals surface area contributed by atoms with Crippen LogP contribution in [-0.2, 0) is 0 Å². The second kappa shape index (κ2) is 2.74. The summed E-state index contributed by atoms with van der Waals surface area (Å²) in [6.07, 6.45) is 0. The van der Waals surface area contributed by atoms with Crippen LogP contribution < -0.4 is 5.73 Å². The van der Waals surface area contributed by atoms with E-state index in [2.05, 4.69) is 4.98 Å². The molecule has 0 unspecified atom stereocenters. The number of primary amides is 1. The number of hydrogen-bond acceptors (Lipinski definition) is 2. The van der Waals surface area contributed by atoms with Crippen molar-refractivity contribution in [2.75, 3.05) is 0 Å². The highest BCUT2D eigenvalue weighted by Crippen LogP contribution is 1.73. The van der Waals surface area contributed by atoms with Gasteiger partial charge in [0.1, 0.15) is 0 Å². The largest absolute Gasteiger partial charge is 0.371 e. The van der Waals surface area contributed by atoms with Crippen molar-refractivity contribution in [1.29, 1.82) is 0 Å². The Morgan fingerprint density at radius 1 is 1.78 bits per heavy atom. The number of nitrogens with two attached hydrogens (primary N) is 1. The zero-order chi connectivity index (χ0) is 6.69. The van der Waals surface area contributed by atoms with E-state index >= 15 is 0 Å². The van der Waals surface area contributed by atoms with E-state index in [4.69, 9.17) is 5.73 Å². The van der Waals surface area contributed by atoms with Crippen molar-refractivity contribution in [2.24, 2.45) is 5.73 Å². The first-order valence-corrected chi connectivity index (χ1v) is 5.49. The first kappa shape index (κ1) is 6.43. The molecule has 0 atom stereocenters. The van der Waals surface area contributed by atoms with Crippen molar-refractivity contribution in [3.63, 3.8) is 0 Å². The smallest absolute Gasteiger partial charge is 0.215 e. The SMILES string of the molecule is NC(=O)[si]1cnc[siH]c1. The van der Waals surface area contributed by atoms with E-state index in [0.29, 0.717) is 0 Å². The molecule has 0 fully saturated rings. The summed E-state index contributed by atoms with van der Waals surface area (Å²) in [5.74, 6) is 3.51. The van der Waals surface area contributed by atoms with E-state index in [1.165, 1.54) is 0 Å². The minimum atomic E-state index is -1.14. The Morgan fingerprint density at radius 2 is 2.56 bits per heavy atom. The third-order valence-corrected chi connectivity index (χ3v) is 4.49. The summed E-state index contributed by atoms with van der Waals surface area (Å²) in [5, 5.41) is 2.01. The van der Waals surface area contributed by atoms with Crippen LogP contribution in [0.3, 0.4) is 0 Å². The van der Waals surface area contributed by atoms with Crippen molar-refractivity contribution in [2.45, 2.75) is 0 Å². The number of nitrogens with zero attached hydrogens (tertiary/aromatic N) is 1. The molecule has 0 aliphatic heterocycles. The van der Waals surface area contributed by atoms with Gasteiger partial charge in [0, 0.05) is 20.7 Å². The maximum Gasteiger partial charge on any atom is 0.215 e. The van der Waals surface area contributed by atoms with Crippen molar-refractivity contribution < 1.29 is 4.79 Å². The van der Waals surface area contributed by atoms with Crippen molar-refractivity contribution in [3.8, 4) is 0 Å². The van der Waals surface area contributed by atoms with E-state index in [0.717, 1.165) is 0 Å². The van der Waals surface area contributed by atoms with Gasteiger partial charge in [0.05, 0.1) is 0 Å². The zero-order valence-electron chi connectivity index (χ0n) is 4.74. The molecule has 1 amide bonds. The Kier molecular flexibility index (Phi) is 1.96. The molecule has 0 spiro atoms. The van der Waals surface area contributed by atoms with Gasteiger partial charge in [-0.05, 0) is 0 Å². The fourth-order valence-corrected chi connectivity index (χ4v) is 3.41. The third kappa shape index (κ3) is 1.61. The van der Waals surface area contributed by atoms with Gasteiger partial charge in [-0.25, -0.2) is 0 Å². The van der Waals surface area contributed by atoms with Crippen LogP contribution in [0.4, 0.5) is 4.79 Å². The maximum absolute atomic E-state index is 10.5. The van der Waals surface area contributed by atoms with Crippen LogP contribution in [0.2, 0.25) is 0 Å². The minimum Gasteiger partial charge on any atom is -0.371 e. The lowest BCUT2D eigenvalue weighted by atomic mass is 11.4. The summed E-state index contributed by atoms with van der Waals surface area (Å²) < 4.78 is 0. The fraction of sp³-hybridized carbons (Fsp3) is 0. The van der Waals surface area contributed by atoms with Gasteiger partial charge in [0.25, 0.3) is 0 Å². The molecule has 0 saturated carbocycles. The molecule has 2 N–H and O–H groups in total. The van der Waals surface area contributed by atoms with E-state index in [9.17, 15) is 4.79 Å². The maximum atomic E-state index is 10.5. The number of amides is 1. The highest BCUT2D eigenvalue weighted by atomic mass is 28.3. The Bertz CT molecular complexity index is 213. The van der Waals surface area contributed by atoms with Gasteiger partial charge in [0.2, 0.25) is 5.53 Å².